The maximum Gasteiger partial charge on any atom is 0.373 e. The summed E-state index contributed by atoms with van der Waals surface area (Å²) in [4.78, 5) is 14.1. The van der Waals surface area contributed by atoms with Crippen molar-refractivity contribution in [3.8, 4) is 0 Å². The van der Waals surface area contributed by atoms with Crippen LogP contribution in [-0.2, 0) is 9.68 Å². The van der Waals surface area contributed by atoms with Crippen LogP contribution in [0.15, 0.2) is 36.0 Å². The van der Waals surface area contributed by atoms with Crippen molar-refractivity contribution in [2.75, 3.05) is 0 Å². The first-order valence-electron chi connectivity index (χ1n) is 2.69. The van der Waals surface area contributed by atoms with E-state index in [4.69, 9.17) is 5.26 Å². The highest BCUT2D eigenvalue weighted by atomic mass is 17.1. The maximum atomic E-state index is 10.6. The molecule has 0 fully saturated rings. The van der Waals surface area contributed by atoms with E-state index < -0.39 is 5.97 Å². The lowest BCUT2D eigenvalue weighted by molar-refractivity contribution is -0.229. The molecule has 0 bridgehead atoms. The fraction of sp³-hybridized carbons (Fsp3) is 0. The Bertz CT molecular complexity index is 235. The number of hydrogen-bond acceptors (Lipinski definition) is 3. The Morgan fingerprint density at radius 3 is 2.80 bits per heavy atom. The van der Waals surface area contributed by atoms with Crippen molar-refractivity contribution in [3.05, 3.63) is 36.0 Å². The van der Waals surface area contributed by atoms with Gasteiger partial charge in [-0.05, 0) is 11.6 Å². The maximum absolute atomic E-state index is 10.6. The summed E-state index contributed by atoms with van der Waals surface area (Å²) >= 11 is 0. The monoisotopic (exact) mass is 138 g/mol. The van der Waals surface area contributed by atoms with Crippen LogP contribution in [-0.4, -0.2) is 11.2 Å². The predicted octanol–water partition coefficient (Wildman–Crippen LogP) is 1.05. The molecule has 0 saturated heterocycles. The minimum Gasteiger partial charge on any atom is -0.295 e. The Kier molecular flexibility index (Phi) is 1.69. The van der Waals surface area contributed by atoms with Gasteiger partial charge in [-0.15, -0.1) is 0 Å². The van der Waals surface area contributed by atoms with E-state index in [0.717, 1.165) is 0 Å². The summed E-state index contributed by atoms with van der Waals surface area (Å²) in [5.41, 5.74) is 0.849. The van der Waals surface area contributed by atoms with Gasteiger partial charge in [0.05, 0.1) is 5.57 Å². The van der Waals surface area contributed by atoms with E-state index in [0.29, 0.717) is 11.1 Å². The van der Waals surface area contributed by atoms with E-state index in [1.165, 1.54) is 6.08 Å². The SMILES string of the molecule is C=C1C=CC=C1C(=O)OO. The fourth-order valence-electron chi connectivity index (χ4n) is 0.706. The highest BCUT2D eigenvalue weighted by molar-refractivity contribution is 5.95. The lowest BCUT2D eigenvalue weighted by Crippen LogP contribution is -2.03. The number of rotatable bonds is 1. The largest absolute Gasteiger partial charge is 0.373 e. The number of allylic oxidation sites excluding steroid dienone is 3. The number of carbonyl (C=O) groups excluding carboxylic acids is 1. The second kappa shape index (κ2) is 2.49. The van der Waals surface area contributed by atoms with Crippen molar-refractivity contribution in [3.63, 3.8) is 0 Å². The molecule has 0 aromatic rings. The molecule has 10 heavy (non-hydrogen) atoms. The molecule has 0 unspecified atom stereocenters. The van der Waals surface area contributed by atoms with Crippen molar-refractivity contribution in [1.82, 2.24) is 0 Å². The van der Waals surface area contributed by atoms with Crippen LogP contribution in [0.4, 0.5) is 0 Å². The molecule has 1 N–H and O–H groups in total. The molecule has 0 aliphatic heterocycles. The van der Waals surface area contributed by atoms with Gasteiger partial charge >= 0.3 is 5.97 Å². The predicted molar refractivity (Wildman–Crippen MR) is 35.1 cm³/mol. The molecule has 0 saturated carbocycles. The first kappa shape index (κ1) is 6.77. The smallest absolute Gasteiger partial charge is 0.295 e. The second-order valence-electron chi connectivity index (χ2n) is 1.84. The molecule has 0 heterocycles. The van der Waals surface area contributed by atoms with Crippen LogP contribution in [0.25, 0.3) is 0 Å². The second-order valence-corrected chi connectivity index (χ2v) is 1.84. The summed E-state index contributed by atoms with van der Waals surface area (Å²) in [6, 6.07) is 0. The van der Waals surface area contributed by atoms with Gasteiger partial charge in [0.15, 0.2) is 0 Å². The molecule has 0 radical (unpaired) electrons. The van der Waals surface area contributed by atoms with Gasteiger partial charge in [0.1, 0.15) is 0 Å². The van der Waals surface area contributed by atoms with Gasteiger partial charge in [-0.2, -0.15) is 5.26 Å². The zero-order chi connectivity index (χ0) is 7.56. The minimum atomic E-state index is -0.769. The van der Waals surface area contributed by atoms with Gasteiger partial charge in [-0.3, -0.25) is 4.89 Å². The lowest BCUT2D eigenvalue weighted by Gasteiger charge is -1.96. The average Bonchev–Trinajstić information content (AvgIpc) is 2.34. The topological polar surface area (TPSA) is 46.5 Å². The first-order chi connectivity index (χ1) is 4.75. The Balaban J connectivity index is 2.77. The normalized spacial score (nSPS) is 15.3. The van der Waals surface area contributed by atoms with Crippen LogP contribution in [0.3, 0.4) is 0 Å². The van der Waals surface area contributed by atoms with E-state index in [1.54, 1.807) is 12.2 Å². The summed E-state index contributed by atoms with van der Waals surface area (Å²) in [6.45, 7) is 3.54. The Hall–Kier alpha value is -1.35. The Morgan fingerprint density at radius 2 is 2.40 bits per heavy atom. The summed E-state index contributed by atoms with van der Waals surface area (Å²) in [5.74, 6) is -0.769. The summed E-state index contributed by atoms with van der Waals surface area (Å²) in [7, 11) is 0. The zero-order valence-corrected chi connectivity index (χ0v) is 5.20. The number of carbonyl (C=O) groups is 1. The minimum absolute atomic E-state index is 0.294. The summed E-state index contributed by atoms with van der Waals surface area (Å²) in [5, 5.41) is 7.95. The van der Waals surface area contributed by atoms with Crippen LogP contribution in [0.5, 0.6) is 0 Å². The first-order valence-corrected chi connectivity index (χ1v) is 2.69. The van der Waals surface area contributed by atoms with Crippen molar-refractivity contribution in [2.45, 2.75) is 0 Å². The third-order valence-corrected chi connectivity index (χ3v) is 1.21. The quantitative estimate of drug-likeness (QED) is 0.435. The van der Waals surface area contributed by atoms with Gasteiger partial charge < -0.3 is 0 Å². The average molecular weight is 138 g/mol. The van der Waals surface area contributed by atoms with E-state index >= 15 is 0 Å². The van der Waals surface area contributed by atoms with Crippen molar-refractivity contribution < 1.29 is 14.9 Å². The molecule has 0 amide bonds. The molecule has 0 spiro atoms. The Labute approximate surface area is 57.9 Å². The van der Waals surface area contributed by atoms with E-state index in [9.17, 15) is 4.79 Å². The van der Waals surface area contributed by atoms with E-state index in [-0.39, 0.29) is 0 Å². The number of hydrogen-bond donors (Lipinski definition) is 1. The standard InChI is InChI=1S/C7H6O3/c1-5-3-2-4-6(5)7(8)10-9/h2-4,9H,1H2. The highest BCUT2D eigenvalue weighted by Gasteiger charge is 2.14. The van der Waals surface area contributed by atoms with Gasteiger partial charge in [0, 0.05) is 0 Å². The van der Waals surface area contributed by atoms with Crippen LogP contribution in [0.2, 0.25) is 0 Å². The summed E-state index contributed by atoms with van der Waals surface area (Å²) < 4.78 is 0. The van der Waals surface area contributed by atoms with Crippen molar-refractivity contribution in [1.29, 1.82) is 0 Å². The molecule has 0 aromatic heterocycles. The molecule has 1 aliphatic carbocycles. The van der Waals surface area contributed by atoms with E-state index in [2.05, 4.69) is 11.5 Å². The third-order valence-electron chi connectivity index (χ3n) is 1.21. The van der Waals surface area contributed by atoms with Gasteiger partial charge in [0.25, 0.3) is 0 Å². The summed E-state index contributed by atoms with van der Waals surface area (Å²) in [6.07, 6.45) is 4.85. The molecule has 1 aliphatic rings. The molecule has 52 valence electrons. The van der Waals surface area contributed by atoms with Gasteiger partial charge in [-0.1, -0.05) is 18.7 Å². The van der Waals surface area contributed by atoms with Gasteiger partial charge in [-0.25, -0.2) is 4.79 Å². The highest BCUT2D eigenvalue weighted by Crippen LogP contribution is 2.16. The van der Waals surface area contributed by atoms with Gasteiger partial charge in [0.2, 0.25) is 0 Å². The van der Waals surface area contributed by atoms with Crippen LogP contribution in [0, 0.1) is 0 Å². The van der Waals surface area contributed by atoms with E-state index in [1.807, 2.05) is 0 Å². The molecule has 1 rings (SSSR count). The third kappa shape index (κ3) is 0.989. The molecular weight excluding hydrogens is 132 g/mol. The molecule has 0 aromatic carbocycles. The van der Waals surface area contributed by atoms with Crippen LogP contribution < -0.4 is 0 Å². The molecule has 0 atom stereocenters. The van der Waals surface area contributed by atoms with Crippen LogP contribution >= 0.6 is 0 Å². The zero-order valence-electron chi connectivity index (χ0n) is 5.20. The molecular formula is C7H6O3. The lowest BCUT2D eigenvalue weighted by atomic mass is 10.2. The Morgan fingerprint density at radius 1 is 1.70 bits per heavy atom. The molecule has 3 heteroatoms. The fourth-order valence-corrected chi connectivity index (χ4v) is 0.706. The molecule has 3 nitrogen and oxygen atoms in total. The van der Waals surface area contributed by atoms with Crippen molar-refractivity contribution in [2.24, 2.45) is 0 Å². The van der Waals surface area contributed by atoms with Crippen molar-refractivity contribution >= 4 is 5.97 Å². The van der Waals surface area contributed by atoms with Crippen LogP contribution in [0.1, 0.15) is 0 Å².